The van der Waals surface area contributed by atoms with Gasteiger partial charge in [-0.05, 0) is 64.6 Å². The number of aliphatic hydroxyl groups is 1. The van der Waals surface area contributed by atoms with E-state index < -0.39 is 5.60 Å². The molecule has 0 saturated heterocycles. The second kappa shape index (κ2) is 26.1. The van der Waals surface area contributed by atoms with Crippen molar-refractivity contribution in [3.8, 4) is 5.75 Å². The highest BCUT2D eigenvalue weighted by atomic mass is 16.5. The Morgan fingerprint density at radius 2 is 1.45 bits per heavy atom. The average Bonchev–Trinajstić information content (AvgIpc) is 2.89. The van der Waals surface area contributed by atoms with Crippen molar-refractivity contribution in [2.45, 2.75) is 99.5 Å². The van der Waals surface area contributed by atoms with Gasteiger partial charge in [-0.1, -0.05) is 66.9 Å². The van der Waals surface area contributed by atoms with Crippen molar-refractivity contribution < 1.29 is 29.0 Å². The number of Topliss-reactive ketones (excluding diaryl/α,β-unsaturated/α-hetero) is 1. The van der Waals surface area contributed by atoms with E-state index in [0.717, 1.165) is 12.8 Å². The minimum atomic E-state index is -1.39. The lowest BCUT2D eigenvalue weighted by Crippen LogP contribution is -2.31. The molecule has 1 rings (SSSR count). The first-order valence-electron chi connectivity index (χ1n) is 13.9. The number of rotatable bonds is 15. The lowest BCUT2D eigenvalue weighted by atomic mass is 9.97. The van der Waals surface area contributed by atoms with Crippen molar-refractivity contribution in [3.05, 3.63) is 42.5 Å². The smallest absolute Gasteiger partial charge is 0.307 e. The van der Waals surface area contributed by atoms with Crippen LogP contribution in [0, 0.1) is 0 Å². The Balaban J connectivity index is -0.000000853. The Kier molecular flexibility index (Phi) is 27.5. The molecule has 0 aromatic heterocycles. The normalized spacial score (nSPS) is 9.97. The van der Waals surface area contributed by atoms with Gasteiger partial charge in [0.05, 0.1) is 13.0 Å². The maximum Gasteiger partial charge on any atom is 0.307 e. The number of ether oxygens (including phenoxy) is 2. The molecule has 220 valence electrons. The summed E-state index contributed by atoms with van der Waals surface area (Å²) in [6.07, 6.45) is 7.63. The third-order valence-corrected chi connectivity index (χ3v) is 4.87. The summed E-state index contributed by atoms with van der Waals surface area (Å²) in [5.41, 5.74) is -0.938. The van der Waals surface area contributed by atoms with Gasteiger partial charge in [-0.2, -0.15) is 0 Å². The summed E-state index contributed by atoms with van der Waals surface area (Å²) in [6, 6.07) is 6.71. The van der Waals surface area contributed by atoms with Crippen LogP contribution in [0.4, 0.5) is 0 Å². The van der Waals surface area contributed by atoms with Crippen LogP contribution in [-0.2, 0) is 14.3 Å². The molecule has 7 heteroatoms. The highest BCUT2D eigenvalue weighted by molar-refractivity contribution is 6.01. The SMILES string of the molecule is C=CC(C)=O.CC.CCCCC.CCCCOC(=O)CCN(C)CCOc1ccc(C(=O)C(C)(C)O)cc1. The van der Waals surface area contributed by atoms with Gasteiger partial charge in [0, 0.05) is 18.7 Å². The van der Waals surface area contributed by atoms with Crippen molar-refractivity contribution in [1.82, 2.24) is 4.90 Å². The maximum atomic E-state index is 12.0. The molecule has 0 bridgehead atoms. The standard InChI is InChI=1S/C20H31NO5.C5H12.C4H6O.C2H6/c1-5-6-14-26-18(22)11-12-21(4)13-15-25-17-9-7-16(8-10-17)19(23)20(2,3)24;1-3-5-4-2;1-3-4(2)5;1-2/h7-10,24H,5-6,11-15H2,1-4H3;3-5H2,1-2H3;3H,1H2,2H3;1-2H3. The van der Waals surface area contributed by atoms with E-state index >= 15 is 0 Å². The second-order valence-corrected chi connectivity index (χ2v) is 9.06. The molecule has 0 amide bonds. The average molecular weight is 538 g/mol. The molecule has 1 aromatic carbocycles. The predicted molar refractivity (Wildman–Crippen MR) is 158 cm³/mol. The molecule has 0 atom stereocenters. The van der Waals surface area contributed by atoms with E-state index in [1.54, 1.807) is 24.3 Å². The molecular weight excluding hydrogens is 482 g/mol. The molecule has 0 aliphatic rings. The number of benzene rings is 1. The van der Waals surface area contributed by atoms with E-state index in [9.17, 15) is 19.5 Å². The molecule has 38 heavy (non-hydrogen) atoms. The van der Waals surface area contributed by atoms with Crippen molar-refractivity contribution in [3.63, 3.8) is 0 Å². The van der Waals surface area contributed by atoms with Crippen LogP contribution < -0.4 is 4.74 Å². The Bertz CT molecular complexity index is 736. The van der Waals surface area contributed by atoms with Crippen LogP contribution in [0.2, 0.25) is 0 Å². The van der Waals surface area contributed by atoms with E-state index in [-0.39, 0.29) is 17.5 Å². The Labute approximate surface area is 232 Å². The minimum Gasteiger partial charge on any atom is -0.492 e. The van der Waals surface area contributed by atoms with Gasteiger partial charge in [0.2, 0.25) is 0 Å². The van der Waals surface area contributed by atoms with Gasteiger partial charge >= 0.3 is 5.97 Å². The van der Waals surface area contributed by atoms with Crippen LogP contribution in [-0.4, -0.2) is 66.5 Å². The number of hydrogen-bond acceptors (Lipinski definition) is 7. The van der Waals surface area contributed by atoms with Crippen LogP contribution in [0.3, 0.4) is 0 Å². The number of carbonyl (C=O) groups excluding carboxylic acids is 3. The molecule has 0 spiro atoms. The quantitative estimate of drug-likeness (QED) is 0.116. The Morgan fingerprint density at radius 3 is 1.84 bits per heavy atom. The van der Waals surface area contributed by atoms with Gasteiger partial charge in [-0.25, -0.2) is 0 Å². The topological polar surface area (TPSA) is 93.1 Å². The monoisotopic (exact) mass is 537 g/mol. The molecule has 1 aromatic rings. The summed E-state index contributed by atoms with van der Waals surface area (Å²) in [6.45, 7) is 20.3. The molecule has 7 nitrogen and oxygen atoms in total. The lowest BCUT2D eigenvalue weighted by Gasteiger charge is -2.17. The number of carbonyl (C=O) groups is 3. The predicted octanol–water partition coefficient (Wildman–Crippen LogP) is 6.67. The molecule has 0 heterocycles. The highest BCUT2D eigenvalue weighted by Crippen LogP contribution is 2.17. The first kappa shape index (κ1) is 40.0. The summed E-state index contributed by atoms with van der Waals surface area (Å²) in [5.74, 6) is 0.183. The number of allylic oxidation sites excluding steroid dienone is 1. The van der Waals surface area contributed by atoms with Crippen molar-refractivity contribution in [2.75, 3.05) is 33.4 Å². The highest BCUT2D eigenvalue weighted by Gasteiger charge is 2.24. The van der Waals surface area contributed by atoms with Crippen LogP contribution in [0.15, 0.2) is 36.9 Å². The van der Waals surface area contributed by atoms with Crippen molar-refractivity contribution >= 4 is 17.5 Å². The maximum absolute atomic E-state index is 12.0. The zero-order valence-corrected chi connectivity index (χ0v) is 25.6. The molecule has 0 aliphatic carbocycles. The number of esters is 1. The van der Waals surface area contributed by atoms with Gasteiger partial charge in [0.15, 0.2) is 11.6 Å². The number of hydrogen-bond donors (Lipinski definition) is 1. The third-order valence-electron chi connectivity index (χ3n) is 4.87. The number of ketones is 2. The third kappa shape index (κ3) is 25.2. The zero-order chi connectivity index (χ0) is 30.0. The van der Waals surface area contributed by atoms with Gasteiger partial charge in [-0.15, -0.1) is 0 Å². The Hall–Kier alpha value is -2.51. The van der Waals surface area contributed by atoms with E-state index in [4.69, 9.17) is 9.47 Å². The van der Waals surface area contributed by atoms with Crippen LogP contribution in [0.5, 0.6) is 5.75 Å². The number of unbranched alkanes of at least 4 members (excludes halogenated alkanes) is 3. The summed E-state index contributed by atoms with van der Waals surface area (Å²) >= 11 is 0. The fourth-order valence-corrected chi connectivity index (χ4v) is 2.53. The van der Waals surface area contributed by atoms with E-state index in [2.05, 4.69) is 27.4 Å². The fraction of sp³-hybridized carbons (Fsp3) is 0.645. The summed E-state index contributed by atoms with van der Waals surface area (Å²) < 4.78 is 10.8. The molecule has 1 N–H and O–H groups in total. The first-order valence-corrected chi connectivity index (χ1v) is 13.9. The largest absolute Gasteiger partial charge is 0.492 e. The minimum absolute atomic E-state index is 0.0185. The fourth-order valence-electron chi connectivity index (χ4n) is 2.53. The zero-order valence-electron chi connectivity index (χ0n) is 25.6. The van der Waals surface area contributed by atoms with Crippen molar-refractivity contribution in [1.29, 1.82) is 0 Å². The number of likely N-dealkylation sites (N-methyl/N-ethyl adjacent to an activating group) is 1. The van der Waals surface area contributed by atoms with Gasteiger partial charge in [0.25, 0.3) is 0 Å². The van der Waals surface area contributed by atoms with E-state index in [1.807, 2.05) is 25.8 Å². The van der Waals surface area contributed by atoms with E-state index in [0.29, 0.717) is 44.0 Å². The summed E-state index contributed by atoms with van der Waals surface area (Å²) in [5, 5.41) is 9.74. The van der Waals surface area contributed by atoms with E-state index in [1.165, 1.54) is 46.1 Å². The number of nitrogens with zero attached hydrogens (tertiary/aromatic N) is 1. The van der Waals surface area contributed by atoms with Crippen LogP contribution in [0.1, 0.15) is 104 Å². The molecule has 0 radical (unpaired) electrons. The summed E-state index contributed by atoms with van der Waals surface area (Å²) in [7, 11) is 1.92. The van der Waals surface area contributed by atoms with Crippen LogP contribution in [0.25, 0.3) is 0 Å². The molecule has 0 aliphatic heterocycles. The van der Waals surface area contributed by atoms with Gasteiger partial charge < -0.3 is 19.5 Å². The lowest BCUT2D eigenvalue weighted by molar-refractivity contribution is -0.144. The van der Waals surface area contributed by atoms with Gasteiger partial charge in [-0.3, -0.25) is 14.4 Å². The Morgan fingerprint density at radius 1 is 0.947 bits per heavy atom. The molecule has 0 unspecified atom stereocenters. The molecular formula is C31H55NO6. The van der Waals surface area contributed by atoms with Crippen molar-refractivity contribution in [2.24, 2.45) is 0 Å². The summed E-state index contributed by atoms with van der Waals surface area (Å²) in [4.78, 5) is 35.2. The van der Waals surface area contributed by atoms with Gasteiger partial charge in [0.1, 0.15) is 18.0 Å². The second-order valence-electron chi connectivity index (χ2n) is 9.06. The molecule has 0 saturated carbocycles. The van der Waals surface area contributed by atoms with Crippen LogP contribution >= 0.6 is 0 Å². The first-order chi connectivity index (χ1) is 17.9. The molecule has 0 fully saturated rings.